The highest BCUT2D eigenvalue weighted by Gasteiger charge is 2.06. The highest BCUT2D eigenvalue weighted by molar-refractivity contribution is 6.29. The lowest BCUT2D eigenvalue weighted by molar-refractivity contribution is -0.384. The monoisotopic (exact) mass is 438 g/mol. The van der Waals surface area contributed by atoms with Crippen LogP contribution in [0.25, 0.3) is 21.8 Å². The molecule has 0 fully saturated rings. The molecule has 0 saturated carbocycles. The molecule has 1 atom stereocenters. The number of hydrogen-bond donors (Lipinski definition) is 1. The third-order valence-electron chi connectivity index (χ3n) is 4.75. The van der Waals surface area contributed by atoms with Crippen LogP contribution in [-0.2, 0) is 0 Å². The van der Waals surface area contributed by atoms with E-state index >= 15 is 0 Å². The number of nitrogen functional groups attached to an aromatic ring is 1. The standard InChI is InChI=1S/C14H18N2O.C9H5ClN2O2/c1-3-10(2)9-17-14-7-4-11-8-12(15)5-6-13(11)16-14;10-9-4-1-6-5-7(12(13)14)2-3-8(6)11-9/h4-8,10H,3,9,15H2,1-2H3;1-5H/t10-;/m0./s1. The number of ether oxygens (including phenoxy) is 1. The number of non-ortho nitro benzene ring substituents is 1. The van der Waals surface area contributed by atoms with Crippen molar-refractivity contribution in [2.24, 2.45) is 5.92 Å². The van der Waals surface area contributed by atoms with Gasteiger partial charge in [-0.2, -0.15) is 0 Å². The van der Waals surface area contributed by atoms with Crippen LogP contribution in [0.4, 0.5) is 11.4 Å². The fourth-order valence-corrected chi connectivity index (χ4v) is 2.91. The Morgan fingerprint density at radius 3 is 2.45 bits per heavy atom. The molecule has 0 amide bonds. The zero-order chi connectivity index (χ0) is 22.4. The average molecular weight is 439 g/mol. The Balaban J connectivity index is 0.000000179. The fraction of sp³-hybridized carbons (Fsp3) is 0.217. The van der Waals surface area contributed by atoms with Gasteiger partial charge < -0.3 is 10.5 Å². The topological polar surface area (TPSA) is 104 Å². The van der Waals surface area contributed by atoms with Crippen molar-refractivity contribution < 1.29 is 9.66 Å². The van der Waals surface area contributed by atoms with Gasteiger partial charge in [-0.1, -0.05) is 31.9 Å². The molecule has 0 radical (unpaired) electrons. The van der Waals surface area contributed by atoms with Crippen LogP contribution < -0.4 is 10.5 Å². The Morgan fingerprint density at radius 1 is 1.03 bits per heavy atom. The Hall–Kier alpha value is -3.45. The molecule has 2 heterocycles. The van der Waals surface area contributed by atoms with E-state index in [1.165, 1.54) is 12.1 Å². The van der Waals surface area contributed by atoms with Crippen LogP contribution in [-0.4, -0.2) is 21.5 Å². The Morgan fingerprint density at radius 2 is 1.71 bits per heavy atom. The number of hydrogen-bond acceptors (Lipinski definition) is 6. The summed E-state index contributed by atoms with van der Waals surface area (Å²) in [5.74, 6) is 1.24. The van der Waals surface area contributed by atoms with Crippen LogP contribution in [0.5, 0.6) is 5.88 Å². The molecule has 0 bridgehead atoms. The van der Waals surface area contributed by atoms with Gasteiger partial charge in [0.15, 0.2) is 0 Å². The third-order valence-corrected chi connectivity index (χ3v) is 4.96. The summed E-state index contributed by atoms with van der Waals surface area (Å²) in [5, 5.41) is 12.6. The zero-order valence-corrected chi connectivity index (χ0v) is 18.0. The van der Waals surface area contributed by atoms with Crippen LogP contribution in [0, 0.1) is 16.0 Å². The van der Waals surface area contributed by atoms with E-state index in [0.717, 1.165) is 23.0 Å². The van der Waals surface area contributed by atoms with Crippen LogP contribution in [0.1, 0.15) is 20.3 Å². The number of aromatic nitrogens is 2. The van der Waals surface area contributed by atoms with E-state index in [1.54, 1.807) is 18.2 Å². The summed E-state index contributed by atoms with van der Waals surface area (Å²) in [6.45, 7) is 5.04. The lowest BCUT2D eigenvalue weighted by Crippen LogP contribution is -2.08. The largest absolute Gasteiger partial charge is 0.477 e. The number of fused-ring (bicyclic) bond motifs is 2. The number of nitro groups is 1. The average Bonchev–Trinajstić information content (AvgIpc) is 2.77. The molecule has 7 nitrogen and oxygen atoms in total. The maximum atomic E-state index is 10.5. The summed E-state index contributed by atoms with van der Waals surface area (Å²) in [6.07, 6.45) is 1.12. The SMILES string of the molecule is CC[C@H](C)COc1ccc2cc(N)ccc2n1.O=[N+]([O-])c1ccc2nc(Cl)ccc2c1. The Bertz CT molecular complexity index is 1220. The molecule has 0 aliphatic rings. The van der Waals surface area contributed by atoms with E-state index in [2.05, 4.69) is 23.8 Å². The van der Waals surface area contributed by atoms with Gasteiger partial charge in [0, 0.05) is 34.7 Å². The molecule has 2 aromatic carbocycles. The van der Waals surface area contributed by atoms with Crippen molar-refractivity contribution in [3.8, 4) is 5.88 Å². The van der Waals surface area contributed by atoms with E-state index in [-0.39, 0.29) is 5.69 Å². The minimum absolute atomic E-state index is 0.0571. The first-order valence-electron chi connectivity index (χ1n) is 9.85. The predicted molar refractivity (Wildman–Crippen MR) is 125 cm³/mol. The number of anilines is 1. The molecule has 4 rings (SSSR count). The van der Waals surface area contributed by atoms with Crippen molar-refractivity contribution in [1.29, 1.82) is 0 Å². The van der Waals surface area contributed by atoms with Gasteiger partial charge in [0.25, 0.3) is 5.69 Å². The van der Waals surface area contributed by atoms with E-state index in [9.17, 15) is 10.1 Å². The Kier molecular flexibility index (Phi) is 7.20. The highest BCUT2D eigenvalue weighted by Crippen LogP contribution is 2.21. The predicted octanol–water partition coefficient (Wildman–Crippen LogP) is 6.04. The van der Waals surface area contributed by atoms with Crippen molar-refractivity contribution >= 4 is 44.8 Å². The van der Waals surface area contributed by atoms with Crippen LogP contribution >= 0.6 is 11.6 Å². The maximum absolute atomic E-state index is 10.5. The maximum Gasteiger partial charge on any atom is 0.270 e. The van der Waals surface area contributed by atoms with Gasteiger partial charge in [0.2, 0.25) is 5.88 Å². The lowest BCUT2D eigenvalue weighted by atomic mass is 10.1. The quantitative estimate of drug-likeness (QED) is 0.176. The van der Waals surface area contributed by atoms with Gasteiger partial charge in [-0.3, -0.25) is 10.1 Å². The molecule has 31 heavy (non-hydrogen) atoms. The first-order valence-corrected chi connectivity index (χ1v) is 10.2. The molecule has 160 valence electrons. The first kappa shape index (κ1) is 22.2. The van der Waals surface area contributed by atoms with Gasteiger partial charge in [0.05, 0.1) is 22.6 Å². The van der Waals surface area contributed by atoms with Crippen molar-refractivity contribution in [2.75, 3.05) is 12.3 Å². The minimum atomic E-state index is -0.436. The van der Waals surface area contributed by atoms with Gasteiger partial charge >= 0.3 is 0 Å². The normalized spacial score (nSPS) is 11.6. The molecule has 0 aliphatic heterocycles. The van der Waals surface area contributed by atoms with Crippen molar-refractivity contribution in [3.63, 3.8) is 0 Å². The summed E-state index contributed by atoms with van der Waals surface area (Å²) in [7, 11) is 0. The zero-order valence-electron chi connectivity index (χ0n) is 17.3. The number of nitrogens with two attached hydrogens (primary N) is 1. The summed E-state index contributed by atoms with van der Waals surface area (Å²) in [4.78, 5) is 18.5. The van der Waals surface area contributed by atoms with Crippen molar-refractivity contribution in [3.05, 3.63) is 75.9 Å². The van der Waals surface area contributed by atoms with Crippen LogP contribution in [0.3, 0.4) is 0 Å². The molecular formula is C23H23ClN4O3. The molecule has 8 heteroatoms. The van der Waals surface area contributed by atoms with Gasteiger partial charge in [-0.05, 0) is 48.4 Å². The molecule has 2 N–H and O–H groups in total. The second kappa shape index (κ2) is 10.0. The van der Waals surface area contributed by atoms with E-state index < -0.39 is 4.92 Å². The lowest BCUT2D eigenvalue weighted by Gasteiger charge is -2.10. The second-order valence-corrected chi connectivity index (χ2v) is 7.58. The molecule has 2 aromatic heterocycles. The molecule has 0 aliphatic carbocycles. The van der Waals surface area contributed by atoms with Crippen molar-refractivity contribution in [1.82, 2.24) is 9.97 Å². The molecule has 4 aromatic rings. The smallest absolute Gasteiger partial charge is 0.270 e. The van der Waals surface area contributed by atoms with Crippen LogP contribution in [0.15, 0.2) is 60.7 Å². The first-order chi connectivity index (χ1) is 14.9. The van der Waals surface area contributed by atoms with E-state index in [4.69, 9.17) is 22.1 Å². The second-order valence-electron chi connectivity index (χ2n) is 7.19. The number of nitro benzene ring substituents is 1. The Labute approximate surface area is 185 Å². The van der Waals surface area contributed by atoms with Crippen molar-refractivity contribution in [2.45, 2.75) is 20.3 Å². The van der Waals surface area contributed by atoms with E-state index in [1.807, 2.05) is 30.3 Å². The number of rotatable bonds is 5. The number of halogens is 1. The third kappa shape index (κ3) is 6.02. The van der Waals surface area contributed by atoms with Gasteiger partial charge in [-0.15, -0.1) is 0 Å². The minimum Gasteiger partial charge on any atom is -0.477 e. The van der Waals surface area contributed by atoms with Gasteiger partial charge in [0.1, 0.15) is 5.15 Å². The number of benzene rings is 2. The molecular weight excluding hydrogens is 416 g/mol. The molecule has 0 unspecified atom stereocenters. The molecule has 0 saturated heterocycles. The van der Waals surface area contributed by atoms with Crippen LogP contribution in [0.2, 0.25) is 5.15 Å². The number of nitrogens with zero attached hydrogens (tertiary/aromatic N) is 3. The summed E-state index contributed by atoms with van der Waals surface area (Å²) in [6, 6.07) is 17.3. The number of pyridine rings is 2. The fourth-order valence-electron chi connectivity index (χ4n) is 2.75. The van der Waals surface area contributed by atoms with E-state index in [0.29, 0.717) is 34.5 Å². The summed E-state index contributed by atoms with van der Waals surface area (Å²) in [5.41, 5.74) is 8.11. The van der Waals surface area contributed by atoms with Gasteiger partial charge in [-0.25, -0.2) is 9.97 Å². The summed E-state index contributed by atoms with van der Waals surface area (Å²) < 4.78 is 5.65. The molecule has 0 spiro atoms. The summed E-state index contributed by atoms with van der Waals surface area (Å²) >= 11 is 5.68. The highest BCUT2D eigenvalue weighted by atomic mass is 35.5.